The van der Waals surface area contributed by atoms with Gasteiger partial charge in [0.2, 0.25) is 0 Å². The lowest BCUT2D eigenvalue weighted by atomic mass is 9.76. The SMILES string of the molecule is COCCN1CC(C(C)C)(C(C)C)N(CCOC)C1(F)F. The first-order chi connectivity index (χ1) is 9.75. The predicted molar refractivity (Wildman–Crippen MR) is 79.4 cm³/mol. The van der Waals surface area contributed by atoms with Crippen molar-refractivity contribution in [2.45, 2.75) is 39.4 Å². The largest absolute Gasteiger partial charge is 0.383 e. The van der Waals surface area contributed by atoms with Gasteiger partial charge in [-0.05, 0) is 11.8 Å². The summed E-state index contributed by atoms with van der Waals surface area (Å²) in [5.41, 5.74) is -0.560. The first-order valence-corrected chi connectivity index (χ1v) is 7.63. The lowest BCUT2D eigenvalue weighted by Gasteiger charge is -2.45. The van der Waals surface area contributed by atoms with Gasteiger partial charge in [-0.25, -0.2) is 9.80 Å². The summed E-state index contributed by atoms with van der Waals surface area (Å²) < 4.78 is 39.8. The molecule has 4 nitrogen and oxygen atoms in total. The number of methoxy groups -OCH3 is 2. The average Bonchev–Trinajstić information content (AvgIpc) is 2.62. The van der Waals surface area contributed by atoms with Crippen LogP contribution >= 0.6 is 0 Å². The van der Waals surface area contributed by atoms with Gasteiger partial charge in [-0.15, -0.1) is 0 Å². The molecule has 1 aliphatic heterocycles. The van der Waals surface area contributed by atoms with Gasteiger partial charge in [0.25, 0.3) is 0 Å². The van der Waals surface area contributed by atoms with Gasteiger partial charge in [0.15, 0.2) is 0 Å². The van der Waals surface area contributed by atoms with E-state index in [2.05, 4.69) is 0 Å². The van der Waals surface area contributed by atoms with E-state index in [-0.39, 0.29) is 24.9 Å². The van der Waals surface area contributed by atoms with Crippen molar-refractivity contribution in [1.82, 2.24) is 9.80 Å². The van der Waals surface area contributed by atoms with Crippen LogP contribution in [0.3, 0.4) is 0 Å². The Morgan fingerprint density at radius 1 is 0.952 bits per heavy atom. The Hall–Kier alpha value is -0.300. The lowest BCUT2D eigenvalue weighted by molar-refractivity contribution is -0.234. The second-order valence-electron chi connectivity index (χ2n) is 6.37. The number of nitrogens with zero attached hydrogens (tertiary/aromatic N) is 2. The van der Waals surface area contributed by atoms with Crippen molar-refractivity contribution in [3.05, 3.63) is 0 Å². The standard InChI is InChI=1S/C15H30F2N2O2/c1-12(2)14(13(3)4)11-18(7-9-20-5)15(16,17)19(14)8-10-21-6/h12-13H,7-11H2,1-6H3. The van der Waals surface area contributed by atoms with Crippen LogP contribution in [0.15, 0.2) is 0 Å². The van der Waals surface area contributed by atoms with Crippen LogP contribution < -0.4 is 0 Å². The van der Waals surface area contributed by atoms with E-state index in [0.717, 1.165) is 0 Å². The molecule has 0 unspecified atom stereocenters. The Morgan fingerprint density at radius 2 is 1.43 bits per heavy atom. The summed E-state index contributed by atoms with van der Waals surface area (Å²) in [6.45, 7) is 9.51. The molecule has 1 rings (SSSR count). The minimum Gasteiger partial charge on any atom is -0.383 e. The number of halogens is 2. The van der Waals surface area contributed by atoms with Gasteiger partial charge in [-0.2, -0.15) is 8.78 Å². The highest BCUT2D eigenvalue weighted by Gasteiger charge is 2.63. The monoisotopic (exact) mass is 308 g/mol. The van der Waals surface area contributed by atoms with Gasteiger partial charge in [0.05, 0.1) is 13.2 Å². The van der Waals surface area contributed by atoms with E-state index in [0.29, 0.717) is 19.8 Å². The molecule has 1 saturated heterocycles. The van der Waals surface area contributed by atoms with E-state index in [1.807, 2.05) is 27.7 Å². The van der Waals surface area contributed by atoms with Crippen molar-refractivity contribution < 1.29 is 18.3 Å². The minimum atomic E-state index is -2.97. The maximum Gasteiger partial charge on any atom is 0.370 e. The zero-order valence-electron chi connectivity index (χ0n) is 14.2. The number of ether oxygens (including phenoxy) is 2. The van der Waals surface area contributed by atoms with Crippen molar-refractivity contribution in [1.29, 1.82) is 0 Å². The highest BCUT2D eigenvalue weighted by Crippen LogP contribution is 2.47. The average molecular weight is 308 g/mol. The summed E-state index contributed by atoms with van der Waals surface area (Å²) in [5.74, 6) is 0.237. The molecule has 0 aromatic heterocycles. The summed E-state index contributed by atoms with van der Waals surface area (Å²) in [4.78, 5) is 2.58. The molecule has 0 amide bonds. The molecule has 0 aromatic rings. The maximum absolute atomic E-state index is 14.9. The van der Waals surface area contributed by atoms with Gasteiger partial charge in [0, 0.05) is 39.4 Å². The van der Waals surface area contributed by atoms with Crippen molar-refractivity contribution in [3.8, 4) is 0 Å². The summed E-state index contributed by atoms with van der Waals surface area (Å²) in [7, 11) is 3.08. The van der Waals surface area contributed by atoms with E-state index in [1.165, 1.54) is 16.9 Å². The summed E-state index contributed by atoms with van der Waals surface area (Å²) >= 11 is 0. The van der Waals surface area contributed by atoms with Gasteiger partial charge < -0.3 is 9.47 Å². The molecule has 0 saturated carbocycles. The predicted octanol–water partition coefficient (Wildman–Crippen LogP) is 2.50. The fourth-order valence-corrected chi connectivity index (χ4v) is 3.50. The van der Waals surface area contributed by atoms with Crippen LogP contribution in [0.2, 0.25) is 0 Å². The highest BCUT2D eigenvalue weighted by molar-refractivity contribution is 5.06. The highest BCUT2D eigenvalue weighted by atomic mass is 19.3. The third kappa shape index (κ3) is 3.38. The van der Waals surface area contributed by atoms with Gasteiger partial charge >= 0.3 is 6.17 Å². The van der Waals surface area contributed by atoms with Gasteiger partial charge in [0.1, 0.15) is 0 Å². The molecule has 0 radical (unpaired) electrons. The molecule has 126 valence electrons. The van der Waals surface area contributed by atoms with E-state index < -0.39 is 11.7 Å². The van der Waals surface area contributed by atoms with Crippen molar-refractivity contribution in [2.24, 2.45) is 11.8 Å². The Balaban J connectivity index is 3.14. The number of alkyl halides is 2. The van der Waals surface area contributed by atoms with Crippen LogP contribution in [0.25, 0.3) is 0 Å². The number of hydrogen-bond donors (Lipinski definition) is 0. The zero-order valence-corrected chi connectivity index (χ0v) is 14.2. The van der Waals surface area contributed by atoms with Gasteiger partial charge in [-0.1, -0.05) is 27.7 Å². The maximum atomic E-state index is 14.9. The Labute approximate surface area is 127 Å². The van der Waals surface area contributed by atoms with Crippen LogP contribution in [-0.4, -0.2) is 68.6 Å². The van der Waals surface area contributed by atoms with E-state index in [9.17, 15) is 8.78 Å². The molecule has 1 fully saturated rings. The molecule has 0 spiro atoms. The second kappa shape index (κ2) is 7.31. The molecule has 1 heterocycles. The lowest BCUT2D eigenvalue weighted by Crippen LogP contribution is -2.59. The Kier molecular flexibility index (Phi) is 6.53. The fourth-order valence-electron chi connectivity index (χ4n) is 3.50. The van der Waals surface area contributed by atoms with E-state index in [4.69, 9.17) is 9.47 Å². The molecule has 21 heavy (non-hydrogen) atoms. The van der Waals surface area contributed by atoms with Gasteiger partial charge in [-0.3, -0.25) is 0 Å². The molecule has 0 atom stereocenters. The first-order valence-electron chi connectivity index (χ1n) is 7.63. The third-order valence-corrected chi connectivity index (χ3v) is 4.74. The number of hydrogen-bond acceptors (Lipinski definition) is 4. The fraction of sp³-hybridized carbons (Fsp3) is 1.00. The molecule has 1 aliphatic rings. The van der Waals surface area contributed by atoms with Crippen LogP contribution in [0.4, 0.5) is 8.78 Å². The normalized spacial score (nSPS) is 22.6. The van der Waals surface area contributed by atoms with Crippen LogP contribution in [0, 0.1) is 11.8 Å². The summed E-state index contributed by atoms with van der Waals surface area (Å²) in [6.07, 6.45) is -2.97. The van der Waals surface area contributed by atoms with Crippen molar-refractivity contribution in [2.75, 3.05) is 47.1 Å². The third-order valence-electron chi connectivity index (χ3n) is 4.74. The van der Waals surface area contributed by atoms with Crippen molar-refractivity contribution >= 4 is 0 Å². The Morgan fingerprint density at radius 3 is 1.86 bits per heavy atom. The summed E-state index contributed by atoms with van der Waals surface area (Å²) in [6, 6.07) is 0. The molecular formula is C15H30F2N2O2. The van der Waals surface area contributed by atoms with Crippen LogP contribution in [-0.2, 0) is 9.47 Å². The van der Waals surface area contributed by atoms with E-state index in [1.54, 1.807) is 7.11 Å². The zero-order chi connectivity index (χ0) is 16.3. The summed E-state index contributed by atoms with van der Waals surface area (Å²) in [5, 5.41) is 0. The molecule has 0 bridgehead atoms. The molecule has 0 aromatic carbocycles. The number of rotatable bonds is 8. The molecule has 6 heteroatoms. The quantitative estimate of drug-likeness (QED) is 0.643. The minimum absolute atomic E-state index is 0.118. The van der Waals surface area contributed by atoms with Crippen LogP contribution in [0.5, 0.6) is 0 Å². The molecular weight excluding hydrogens is 278 g/mol. The Bertz CT molecular complexity index is 317. The van der Waals surface area contributed by atoms with E-state index >= 15 is 0 Å². The topological polar surface area (TPSA) is 24.9 Å². The second-order valence-corrected chi connectivity index (χ2v) is 6.37. The van der Waals surface area contributed by atoms with Crippen LogP contribution in [0.1, 0.15) is 27.7 Å². The molecule has 0 aliphatic carbocycles. The molecule has 0 N–H and O–H groups in total. The first kappa shape index (κ1) is 18.7. The van der Waals surface area contributed by atoms with Crippen molar-refractivity contribution in [3.63, 3.8) is 0 Å². The smallest absolute Gasteiger partial charge is 0.370 e.